The van der Waals surface area contributed by atoms with Gasteiger partial charge in [-0.3, -0.25) is 9.59 Å². The largest absolute Gasteiger partial charge is 0.443 e. The molecule has 1 aliphatic heterocycles. The van der Waals surface area contributed by atoms with Crippen LogP contribution >= 0.6 is 0 Å². The van der Waals surface area contributed by atoms with Gasteiger partial charge in [-0.1, -0.05) is 19.1 Å². The maximum Gasteiger partial charge on any atom is 0.278 e. The highest BCUT2D eigenvalue weighted by Gasteiger charge is 2.23. The van der Waals surface area contributed by atoms with Crippen molar-refractivity contribution in [3.8, 4) is 11.3 Å². The van der Waals surface area contributed by atoms with Crippen molar-refractivity contribution in [1.29, 1.82) is 0 Å². The Balaban J connectivity index is 1.59. The van der Waals surface area contributed by atoms with Crippen molar-refractivity contribution in [3.63, 3.8) is 0 Å². The molecule has 2 amide bonds. The van der Waals surface area contributed by atoms with Crippen molar-refractivity contribution in [2.45, 2.75) is 19.8 Å². The third-order valence-electron chi connectivity index (χ3n) is 5.55. The van der Waals surface area contributed by atoms with Gasteiger partial charge in [-0.05, 0) is 49.1 Å². The Morgan fingerprint density at radius 2 is 1.94 bits per heavy atom. The highest BCUT2D eigenvalue weighted by atomic mass is 19.1. The van der Waals surface area contributed by atoms with E-state index in [9.17, 15) is 14.0 Å². The number of carbonyl (C=O) groups excluding carboxylic acids is 2. The minimum atomic E-state index is -0.582. The lowest BCUT2D eigenvalue weighted by molar-refractivity contribution is 0.0996. The predicted octanol–water partition coefficient (Wildman–Crippen LogP) is 4.07. The van der Waals surface area contributed by atoms with Crippen LogP contribution in [-0.4, -0.2) is 29.9 Å². The molecule has 0 spiro atoms. The standard InChI is InChI=1S/C23H23FN4O3/c1-14-8-10-28(11-9-14)19-7-6-15(12-17(19)22(25)29)27-23(30)20-21(31-13-26-20)16-4-2-3-5-18(16)24/h2-7,12-14H,8-11H2,1H3,(H2,25,29)(H,27,30). The number of nitrogens with zero attached hydrogens (tertiary/aromatic N) is 2. The van der Waals surface area contributed by atoms with E-state index in [1.807, 2.05) is 0 Å². The van der Waals surface area contributed by atoms with E-state index in [-0.39, 0.29) is 17.0 Å². The lowest BCUT2D eigenvalue weighted by Gasteiger charge is -2.33. The quantitative estimate of drug-likeness (QED) is 0.645. The summed E-state index contributed by atoms with van der Waals surface area (Å²) in [7, 11) is 0. The van der Waals surface area contributed by atoms with Gasteiger partial charge < -0.3 is 20.4 Å². The predicted molar refractivity (Wildman–Crippen MR) is 115 cm³/mol. The average molecular weight is 422 g/mol. The molecule has 0 saturated carbocycles. The van der Waals surface area contributed by atoms with Gasteiger partial charge in [0.25, 0.3) is 11.8 Å². The number of benzene rings is 2. The van der Waals surface area contributed by atoms with E-state index in [1.165, 1.54) is 12.1 Å². The van der Waals surface area contributed by atoms with Gasteiger partial charge in [0.15, 0.2) is 17.8 Å². The molecule has 0 unspecified atom stereocenters. The zero-order valence-corrected chi connectivity index (χ0v) is 17.1. The van der Waals surface area contributed by atoms with Gasteiger partial charge in [0, 0.05) is 24.5 Å². The fourth-order valence-electron chi connectivity index (χ4n) is 3.77. The van der Waals surface area contributed by atoms with Crippen LogP contribution in [0.3, 0.4) is 0 Å². The molecule has 2 heterocycles. The molecule has 0 atom stereocenters. The summed E-state index contributed by atoms with van der Waals surface area (Å²) in [6, 6.07) is 11.0. The van der Waals surface area contributed by atoms with Gasteiger partial charge in [-0.25, -0.2) is 9.37 Å². The van der Waals surface area contributed by atoms with Gasteiger partial charge in [0.2, 0.25) is 0 Å². The smallest absolute Gasteiger partial charge is 0.278 e. The van der Waals surface area contributed by atoms with Crippen LogP contribution in [0.15, 0.2) is 53.3 Å². The van der Waals surface area contributed by atoms with E-state index in [1.54, 1.807) is 30.3 Å². The summed E-state index contributed by atoms with van der Waals surface area (Å²) < 4.78 is 19.4. The van der Waals surface area contributed by atoms with E-state index in [0.717, 1.165) is 38.0 Å². The number of anilines is 2. The number of hydrogen-bond donors (Lipinski definition) is 2. The molecule has 31 heavy (non-hydrogen) atoms. The number of hydrogen-bond acceptors (Lipinski definition) is 5. The molecular formula is C23H23FN4O3. The van der Waals surface area contributed by atoms with Gasteiger partial charge >= 0.3 is 0 Å². The maximum atomic E-state index is 14.1. The molecule has 1 aromatic heterocycles. The Morgan fingerprint density at radius 3 is 2.65 bits per heavy atom. The monoisotopic (exact) mass is 422 g/mol. The highest BCUT2D eigenvalue weighted by Crippen LogP contribution is 2.30. The number of nitrogens with one attached hydrogen (secondary N) is 1. The molecular weight excluding hydrogens is 399 g/mol. The van der Waals surface area contributed by atoms with Crippen molar-refractivity contribution in [2.75, 3.05) is 23.3 Å². The summed E-state index contributed by atoms with van der Waals surface area (Å²) in [5.41, 5.74) is 7.17. The normalized spacial score (nSPS) is 14.5. The molecule has 0 bridgehead atoms. The molecule has 3 N–H and O–H groups in total. The first kappa shape index (κ1) is 20.6. The lowest BCUT2D eigenvalue weighted by atomic mass is 9.98. The minimum Gasteiger partial charge on any atom is -0.443 e. The van der Waals surface area contributed by atoms with Crippen molar-refractivity contribution >= 4 is 23.2 Å². The fraction of sp³-hybridized carbons (Fsp3) is 0.261. The summed E-state index contributed by atoms with van der Waals surface area (Å²) in [6.07, 6.45) is 3.18. The Morgan fingerprint density at radius 1 is 1.19 bits per heavy atom. The molecule has 1 aliphatic rings. The third kappa shape index (κ3) is 4.28. The van der Waals surface area contributed by atoms with Crippen LogP contribution in [0.5, 0.6) is 0 Å². The SMILES string of the molecule is CC1CCN(c2ccc(NC(=O)c3ncoc3-c3ccccc3F)cc2C(N)=O)CC1. The van der Waals surface area contributed by atoms with Crippen LogP contribution in [0, 0.1) is 11.7 Å². The number of primary amides is 1. The van der Waals surface area contributed by atoms with Crippen LogP contribution in [0.4, 0.5) is 15.8 Å². The molecule has 1 saturated heterocycles. The van der Waals surface area contributed by atoms with Gasteiger partial charge in [0.05, 0.1) is 11.1 Å². The molecule has 160 valence electrons. The van der Waals surface area contributed by atoms with Crippen LogP contribution in [-0.2, 0) is 0 Å². The van der Waals surface area contributed by atoms with Crippen molar-refractivity contribution < 1.29 is 18.4 Å². The van der Waals surface area contributed by atoms with Crippen LogP contribution in [0.25, 0.3) is 11.3 Å². The summed E-state index contributed by atoms with van der Waals surface area (Å²) in [6.45, 7) is 3.90. The first-order valence-electron chi connectivity index (χ1n) is 10.1. The highest BCUT2D eigenvalue weighted by molar-refractivity contribution is 6.07. The number of nitrogens with two attached hydrogens (primary N) is 1. The topological polar surface area (TPSA) is 101 Å². The van der Waals surface area contributed by atoms with E-state index in [2.05, 4.69) is 22.1 Å². The number of halogens is 1. The van der Waals surface area contributed by atoms with Gasteiger partial charge in [-0.15, -0.1) is 0 Å². The van der Waals surface area contributed by atoms with E-state index in [0.29, 0.717) is 17.2 Å². The molecule has 0 aliphatic carbocycles. The second kappa shape index (κ2) is 8.59. The number of aromatic nitrogens is 1. The number of oxazole rings is 1. The summed E-state index contributed by atoms with van der Waals surface area (Å²) in [4.78, 5) is 31.0. The Labute approximate surface area is 179 Å². The Bertz CT molecular complexity index is 1120. The zero-order valence-electron chi connectivity index (χ0n) is 17.1. The average Bonchev–Trinajstić information content (AvgIpc) is 3.24. The fourth-order valence-corrected chi connectivity index (χ4v) is 3.77. The molecule has 4 rings (SSSR count). The summed E-state index contributed by atoms with van der Waals surface area (Å²) in [5, 5.41) is 2.70. The van der Waals surface area contributed by atoms with E-state index >= 15 is 0 Å². The van der Waals surface area contributed by atoms with E-state index < -0.39 is 17.6 Å². The maximum absolute atomic E-state index is 14.1. The zero-order chi connectivity index (χ0) is 22.0. The van der Waals surface area contributed by atoms with Crippen LogP contribution in [0.1, 0.15) is 40.6 Å². The number of rotatable bonds is 5. The molecule has 3 aromatic rings. The minimum absolute atomic E-state index is 0.0322. The van der Waals surface area contributed by atoms with Crippen molar-refractivity contribution in [2.24, 2.45) is 11.7 Å². The molecule has 2 aromatic carbocycles. The van der Waals surface area contributed by atoms with Crippen LogP contribution in [0.2, 0.25) is 0 Å². The first-order chi connectivity index (χ1) is 14.9. The van der Waals surface area contributed by atoms with Crippen molar-refractivity contribution in [3.05, 3.63) is 65.9 Å². The molecule has 0 radical (unpaired) electrons. The second-order valence-electron chi connectivity index (χ2n) is 7.73. The second-order valence-corrected chi connectivity index (χ2v) is 7.73. The van der Waals surface area contributed by atoms with Crippen molar-refractivity contribution in [1.82, 2.24) is 4.98 Å². The lowest BCUT2D eigenvalue weighted by Crippen LogP contribution is -2.34. The number of piperidine rings is 1. The Kier molecular flexibility index (Phi) is 5.70. The number of amides is 2. The first-order valence-corrected chi connectivity index (χ1v) is 10.1. The van der Waals surface area contributed by atoms with E-state index in [4.69, 9.17) is 10.2 Å². The molecule has 1 fully saturated rings. The molecule has 8 heteroatoms. The molecule has 7 nitrogen and oxygen atoms in total. The Hall–Kier alpha value is -3.68. The summed E-state index contributed by atoms with van der Waals surface area (Å²) in [5.74, 6) is -0.993. The third-order valence-corrected chi connectivity index (χ3v) is 5.55. The number of carbonyl (C=O) groups is 2. The summed E-state index contributed by atoms with van der Waals surface area (Å²) >= 11 is 0. The van der Waals surface area contributed by atoms with Crippen LogP contribution < -0.4 is 16.0 Å². The van der Waals surface area contributed by atoms with Gasteiger partial charge in [0.1, 0.15) is 5.82 Å². The van der Waals surface area contributed by atoms with Gasteiger partial charge in [-0.2, -0.15) is 0 Å².